The molecule has 2 aliphatic heterocycles. The fourth-order valence-corrected chi connectivity index (χ4v) is 3.70. The lowest BCUT2D eigenvalue weighted by atomic mass is 10.1. The van der Waals surface area contributed by atoms with Gasteiger partial charge in [-0.05, 0) is 37.6 Å². The number of hydrogen-bond donors (Lipinski definition) is 3. The first-order chi connectivity index (χ1) is 15.2. The summed E-state index contributed by atoms with van der Waals surface area (Å²) in [4.78, 5) is 22.7. The Morgan fingerprint density at radius 1 is 0.935 bits per heavy atom. The number of hydrogen-bond acceptors (Lipinski definition) is 10. The van der Waals surface area contributed by atoms with Gasteiger partial charge in [0.05, 0.1) is 0 Å². The van der Waals surface area contributed by atoms with E-state index in [0.29, 0.717) is 30.4 Å². The summed E-state index contributed by atoms with van der Waals surface area (Å²) < 4.78 is 5.46. The van der Waals surface area contributed by atoms with E-state index in [1.165, 1.54) is 0 Å². The molecule has 10 nitrogen and oxygen atoms in total. The third kappa shape index (κ3) is 6.98. The second kappa shape index (κ2) is 11.2. The number of piperazine rings is 1. The number of aromatic nitrogens is 4. The zero-order valence-electron chi connectivity index (χ0n) is 18.3. The van der Waals surface area contributed by atoms with Gasteiger partial charge in [-0.25, -0.2) is 0 Å². The van der Waals surface area contributed by atoms with Crippen molar-refractivity contribution < 1.29 is 4.74 Å². The molecule has 2 aromatic heterocycles. The average molecular weight is 428 g/mol. The van der Waals surface area contributed by atoms with E-state index in [1.807, 2.05) is 12.1 Å². The number of nitrogens with one attached hydrogen (secondary N) is 3. The minimum Gasteiger partial charge on any atom is -0.381 e. The third-order valence-corrected chi connectivity index (χ3v) is 5.70. The topological polar surface area (TPSA) is 103 Å². The standard InChI is InChI=1S/C21H33N9O/c1-29-10-12-30(13-11-29)9-8-23-19-26-20(24-16-17-2-6-22-7-3-17)28-21(27-19)25-18-4-14-31-15-5-18/h2-3,6-7,18H,4-5,8-16H2,1H3,(H3,23,24,25,26,27,28). The molecule has 0 amide bonds. The van der Waals surface area contributed by atoms with Gasteiger partial charge in [0.15, 0.2) is 0 Å². The first-order valence-electron chi connectivity index (χ1n) is 11.1. The summed E-state index contributed by atoms with van der Waals surface area (Å²) in [5, 5.41) is 10.2. The highest BCUT2D eigenvalue weighted by Gasteiger charge is 2.17. The van der Waals surface area contributed by atoms with Gasteiger partial charge in [0.1, 0.15) is 0 Å². The molecule has 0 aliphatic carbocycles. The molecule has 2 aromatic rings. The van der Waals surface area contributed by atoms with Crippen LogP contribution in [0.15, 0.2) is 24.5 Å². The van der Waals surface area contributed by atoms with Crippen molar-refractivity contribution >= 4 is 17.8 Å². The highest BCUT2D eigenvalue weighted by molar-refractivity contribution is 5.43. The third-order valence-electron chi connectivity index (χ3n) is 5.70. The normalized spacial score (nSPS) is 18.6. The van der Waals surface area contributed by atoms with E-state index in [4.69, 9.17) is 4.74 Å². The number of rotatable bonds is 9. The van der Waals surface area contributed by atoms with Crippen molar-refractivity contribution in [1.82, 2.24) is 29.7 Å². The van der Waals surface area contributed by atoms with Crippen molar-refractivity contribution in [2.45, 2.75) is 25.4 Å². The second-order valence-corrected chi connectivity index (χ2v) is 8.12. The molecule has 4 rings (SSSR count). The van der Waals surface area contributed by atoms with Crippen LogP contribution in [0.25, 0.3) is 0 Å². The molecule has 2 fully saturated rings. The smallest absolute Gasteiger partial charge is 0.229 e. The Labute approximate surface area is 183 Å². The van der Waals surface area contributed by atoms with Crippen LogP contribution in [0, 0.1) is 0 Å². The van der Waals surface area contributed by atoms with E-state index in [9.17, 15) is 0 Å². The van der Waals surface area contributed by atoms with Crippen LogP contribution in [-0.4, -0.2) is 95.3 Å². The predicted octanol–water partition coefficient (Wildman–Crippen LogP) is 1.13. The molecule has 2 saturated heterocycles. The predicted molar refractivity (Wildman–Crippen MR) is 121 cm³/mol. The van der Waals surface area contributed by atoms with Crippen molar-refractivity contribution in [3.05, 3.63) is 30.1 Å². The van der Waals surface area contributed by atoms with Gasteiger partial charge >= 0.3 is 0 Å². The molecule has 31 heavy (non-hydrogen) atoms. The van der Waals surface area contributed by atoms with E-state index >= 15 is 0 Å². The quantitative estimate of drug-likeness (QED) is 0.539. The fourth-order valence-electron chi connectivity index (χ4n) is 3.70. The van der Waals surface area contributed by atoms with E-state index in [0.717, 1.165) is 70.9 Å². The Hall–Kier alpha value is -2.56. The fraction of sp³-hybridized carbons (Fsp3) is 0.619. The zero-order chi connectivity index (χ0) is 21.3. The highest BCUT2D eigenvalue weighted by Crippen LogP contribution is 2.15. The second-order valence-electron chi connectivity index (χ2n) is 8.12. The Morgan fingerprint density at radius 3 is 2.35 bits per heavy atom. The lowest BCUT2D eigenvalue weighted by Gasteiger charge is -2.32. The van der Waals surface area contributed by atoms with Gasteiger partial charge < -0.3 is 25.6 Å². The van der Waals surface area contributed by atoms with Gasteiger partial charge in [-0.2, -0.15) is 15.0 Å². The minimum atomic E-state index is 0.322. The maximum absolute atomic E-state index is 5.46. The number of ether oxygens (including phenoxy) is 1. The molecule has 0 saturated carbocycles. The molecule has 4 heterocycles. The van der Waals surface area contributed by atoms with Crippen LogP contribution in [0.5, 0.6) is 0 Å². The molecule has 0 atom stereocenters. The van der Waals surface area contributed by atoms with Crippen molar-refractivity contribution in [3.8, 4) is 0 Å². The van der Waals surface area contributed by atoms with E-state index in [2.05, 4.69) is 52.7 Å². The maximum Gasteiger partial charge on any atom is 0.229 e. The molecule has 2 aliphatic rings. The van der Waals surface area contributed by atoms with Gasteiger partial charge in [0.25, 0.3) is 0 Å². The number of pyridine rings is 1. The van der Waals surface area contributed by atoms with Gasteiger partial charge in [-0.15, -0.1) is 0 Å². The maximum atomic E-state index is 5.46. The lowest BCUT2D eigenvalue weighted by molar-refractivity contribution is 0.0903. The summed E-state index contributed by atoms with van der Waals surface area (Å²) >= 11 is 0. The lowest BCUT2D eigenvalue weighted by Crippen LogP contribution is -2.45. The summed E-state index contributed by atoms with van der Waals surface area (Å²) in [5.41, 5.74) is 1.12. The monoisotopic (exact) mass is 427 g/mol. The van der Waals surface area contributed by atoms with E-state index < -0.39 is 0 Å². The molecular weight excluding hydrogens is 394 g/mol. The molecule has 0 bridgehead atoms. The summed E-state index contributed by atoms with van der Waals surface area (Å²) in [6.07, 6.45) is 5.48. The van der Waals surface area contributed by atoms with Crippen LogP contribution in [0.2, 0.25) is 0 Å². The van der Waals surface area contributed by atoms with Gasteiger partial charge in [0.2, 0.25) is 17.8 Å². The SMILES string of the molecule is CN1CCN(CCNc2nc(NCc3ccncc3)nc(NC3CCOCC3)n2)CC1. The molecular formula is C21H33N9O. The molecule has 0 aromatic carbocycles. The number of anilines is 3. The first kappa shape index (κ1) is 21.7. The van der Waals surface area contributed by atoms with Crippen LogP contribution in [0.3, 0.4) is 0 Å². The Bertz CT molecular complexity index is 793. The molecule has 0 radical (unpaired) electrons. The van der Waals surface area contributed by atoms with Crippen LogP contribution in [-0.2, 0) is 11.3 Å². The average Bonchev–Trinajstić information content (AvgIpc) is 2.80. The highest BCUT2D eigenvalue weighted by atomic mass is 16.5. The number of likely N-dealkylation sites (N-methyl/N-ethyl adjacent to an activating group) is 1. The molecule has 0 spiro atoms. The van der Waals surface area contributed by atoms with Gasteiger partial charge in [-0.1, -0.05) is 0 Å². The van der Waals surface area contributed by atoms with Crippen LogP contribution in [0.1, 0.15) is 18.4 Å². The van der Waals surface area contributed by atoms with Crippen molar-refractivity contribution in [3.63, 3.8) is 0 Å². The summed E-state index contributed by atoms with van der Waals surface area (Å²) in [5.74, 6) is 1.75. The van der Waals surface area contributed by atoms with Crippen LogP contribution in [0.4, 0.5) is 17.8 Å². The van der Waals surface area contributed by atoms with E-state index in [1.54, 1.807) is 12.4 Å². The molecule has 10 heteroatoms. The molecule has 168 valence electrons. The summed E-state index contributed by atoms with van der Waals surface area (Å²) in [6.45, 7) is 8.38. The first-order valence-corrected chi connectivity index (χ1v) is 11.1. The van der Waals surface area contributed by atoms with Gasteiger partial charge in [-0.3, -0.25) is 9.88 Å². The summed E-state index contributed by atoms with van der Waals surface area (Å²) in [7, 11) is 2.17. The number of nitrogens with zero attached hydrogens (tertiary/aromatic N) is 6. The van der Waals surface area contributed by atoms with Crippen molar-refractivity contribution in [2.75, 3.05) is 75.5 Å². The van der Waals surface area contributed by atoms with Crippen molar-refractivity contribution in [2.24, 2.45) is 0 Å². The summed E-state index contributed by atoms with van der Waals surface area (Å²) in [6, 6.07) is 4.28. The van der Waals surface area contributed by atoms with Crippen molar-refractivity contribution in [1.29, 1.82) is 0 Å². The minimum absolute atomic E-state index is 0.322. The Morgan fingerprint density at radius 2 is 1.61 bits per heavy atom. The molecule has 0 unspecified atom stereocenters. The Balaban J connectivity index is 1.37. The Kier molecular flexibility index (Phi) is 7.81. The van der Waals surface area contributed by atoms with Crippen LogP contribution < -0.4 is 16.0 Å². The van der Waals surface area contributed by atoms with E-state index in [-0.39, 0.29) is 0 Å². The van der Waals surface area contributed by atoms with Crippen LogP contribution >= 0.6 is 0 Å². The molecule has 3 N–H and O–H groups in total. The van der Waals surface area contributed by atoms with Gasteiger partial charge in [0, 0.05) is 77.5 Å². The largest absolute Gasteiger partial charge is 0.381 e. The zero-order valence-corrected chi connectivity index (χ0v) is 18.3.